The lowest BCUT2D eigenvalue weighted by Crippen LogP contribution is -1.98. The molecule has 0 amide bonds. The zero-order chi connectivity index (χ0) is 12.0. The SMILES string of the molecule is Cc1cn2c(-c3cnc(CN)[nH]3)c(C)cc2s1. The molecule has 0 radical (unpaired) electrons. The first kappa shape index (κ1) is 10.6. The molecule has 0 fully saturated rings. The Bertz CT molecular complexity index is 674. The van der Waals surface area contributed by atoms with E-state index in [1.807, 2.05) is 6.20 Å². The van der Waals surface area contributed by atoms with Gasteiger partial charge in [0, 0.05) is 11.1 Å². The quantitative estimate of drug-likeness (QED) is 0.729. The summed E-state index contributed by atoms with van der Waals surface area (Å²) in [6.07, 6.45) is 4.01. The molecule has 0 saturated heterocycles. The van der Waals surface area contributed by atoms with Crippen LogP contribution in [0.2, 0.25) is 0 Å². The van der Waals surface area contributed by atoms with E-state index >= 15 is 0 Å². The Morgan fingerprint density at radius 2 is 2.29 bits per heavy atom. The van der Waals surface area contributed by atoms with Crippen molar-refractivity contribution in [3.63, 3.8) is 0 Å². The van der Waals surface area contributed by atoms with Gasteiger partial charge in [0.25, 0.3) is 0 Å². The molecule has 0 aliphatic carbocycles. The van der Waals surface area contributed by atoms with Gasteiger partial charge < -0.3 is 15.1 Å². The molecule has 88 valence electrons. The molecule has 4 nitrogen and oxygen atoms in total. The lowest BCUT2D eigenvalue weighted by Gasteiger charge is -1.98. The summed E-state index contributed by atoms with van der Waals surface area (Å²) in [6.45, 7) is 4.68. The average molecular weight is 246 g/mol. The molecule has 17 heavy (non-hydrogen) atoms. The molecule has 3 aromatic heterocycles. The standard InChI is InChI=1S/C12H14N4S/c1-7-3-11-16(6-8(2)17-11)12(7)9-5-14-10(4-13)15-9/h3,5-6H,4,13H2,1-2H3,(H,14,15). The van der Waals surface area contributed by atoms with E-state index in [9.17, 15) is 0 Å². The minimum atomic E-state index is 0.441. The Labute approximate surface area is 103 Å². The van der Waals surface area contributed by atoms with Crippen molar-refractivity contribution in [2.75, 3.05) is 0 Å². The molecule has 0 unspecified atom stereocenters. The van der Waals surface area contributed by atoms with E-state index in [0.29, 0.717) is 6.54 Å². The highest BCUT2D eigenvalue weighted by Gasteiger charge is 2.13. The van der Waals surface area contributed by atoms with Crippen molar-refractivity contribution in [3.8, 4) is 11.4 Å². The average Bonchev–Trinajstić information content (AvgIpc) is 2.92. The zero-order valence-corrected chi connectivity index (χ0v) is 10.6. The normalized spacial score (nSPS) is 11.5. The van der Waals surface area contributed by atoms with Crippen molar-refractivity contribution in [1.29, 1.82) is 0 Å². The Morgan fingerprint density at radius 1 is 1.47 bits per heavy atom. The van der Waals surface area contributed by atoms with Gasteiger partial charge in [-0.1, -0.05) is 0 Å². The summed E-state index contributed by atoms with van der Waals surface area (Å²) in [5.74, 6) is 0.821. The lowest BCUT2D eigenvalue weighted by atomic mass is 10.2. The smallest absolute Gasteiger partial charge is 0.120 e. The van der Waals surface area contributed by atoms with Crippen LogP contribution in [0.4, 0.5) is 0 Å². The van der Waals surface area contributed by atoms with Gasteiger partial charge in [0.1, 0.15) is 10.7 Å². The second-order valence-electron chi connectivity index (χ2n) is 4.17. The van der Waals surface area contributed by atoms with Crippen molar-refractivity contribution in [3.05, 3.63) is 34.7 Å². The minimum absolute atomic E-state index is 0.441. The number of H-pyrrole nitrogens is 1. The first-order valence-electron chi connectivity index (χ1n) is 5.51. The Morgan fingerprint density at radius 3 is 3.00 bits per heavy atom. The van der Waals surface area contributed by atoms with Crippen LogP contribution in [0.5, 0.6) is 0 Å². The maximum absolute atomic E-state index is 5.57. The number of aryl methyl sites for hydroxylation is 2. The maximum Gasteiger partial charge on any atom is 0.120 e. The van der Waals surface area contributed by atoms with Crippen molar-refractivity contribution in [1.82, 2.24) is 14.4 Å². The molecule has 0 aliphatic heterocycles. The number of hydrogen-bond donors (Lipinski definition) is 2. The first-order valence-corrected chi connectivity index (χ1v) is 6.33. The molecular weight excluding hydrogens is 232 g/mol. The molecule has 3 rings (SSSR count). The number of rotatable bonds is 2. The van der Waals surface area contributed by atoms with E-state index in [2.05, 4.69) is 40.5 Å². The molecule has 0 aromatic carbocycles. The van der Waals surface area contributed by atoms with Crippen LogP contribution in [0.15, 0.2) is 18.5 Å². The Kier molecular flexibility index (Phi) is 2.31. The van der Waals surface area contributed by atoms with Crippen molar-refractivity contribution in [2.24, 2.45) is 5.73 Å². The van der Waals surface area contributed by atoms with Crippen LogP contribution >= 0.6 is 11.3 Å². The third-order valence-electron chi connectivity index (χ3n) is 2.85. The van der Waals surface area contributed by atoms with E-state index in [1.54, 1.807) is 11.3 Å². The number of hydrogen-bond acceptors (Lipinski definition) is 3. The van der Waals surface area contributed by atoms with Gasteiger partial charge in [-0.25, -0.2) is 4.98 Å². The summed E-state index contributed by atoms with van der Waals surface area (Å²) in [7, 11) is 0. The summed E-state index contributed by atoms with van der Waals surface area (Å²) in [5, 5.41) is 0. The van der Waals surface area contributed by atoms with Crippen LogP contribution < -0.4 is 5.73 Å². The van der Waals surface area contributed by atoms with Crippen LogP contribution in [0.3, 0.4) is 0 Å². The fraction of sp³-hybridized carbons (Fsp3) is 0.250. The Balaban J connectivity index is 2.24. The van der Waals surface area contributed by atoms with Crippen LogP contribution in [-0.4, -0.2) is 14.4 Å². The predicted octanol–water partition coefficient (Wildman–Crippen LogP) is 2.47. The van der Waals surface area contributed by atoms with Gasteiger partial charge in [-0.15, -0.1) is 11.3 Å². The van der Waals surface area contributed by atoms with Gasteiger partial charge in [0.2, 0.25) is 0 Å². The third-order valence-corrected chi connectivity index (χ3v) is 3.80. The van der Waals surface area contributed by atoms with E-state index < -0.39 is 0 Å². The number of imidazole rings is 1. The fourth-order valence-electron chi connectivity index (χ4n) is 2.13. The molecule has 0 spiro atoms. The monoisotopic (exact) mass is 246 g/mol. The highest BCUT2D eigenvalue weighted by atomic mass is 32.1. The summed E-state index contributed by atoms with van der Waals surface area (Å²) >= 11 is 1.80. The zero-order valence-electron chi connectivity index (χ0n) is 9.82. The van der Waals surface area contributed by atoms with Gasteiger partial charge in [0.15, 0.2) is 0 Å². The predicted molar refractivity (Wildman–Crippen MR) is 70.2 cm³/mol. The first-order chi connectivity index (χ1) is 8.19. The van der Waals surface area contributed by atoms with Crippen molar-refractivity contribution >= 4 is 16.2 Å². The van der Waals surface area contributed by atoms with Crippen LogP contribution in [0, 0.1) is 13.8 Å². The molecule has 3 heterocycles. The molecule has 3 aromatic rings. The number of thiazole rings is 1. The van der Waals surface area contributed by atoms with Gasteiger partial charge in [-0.2, -0.15) is 0 Å². The van der Waals surface area contributed by atoms with Gasteiger partial charge in [-0.3, -0.25) is 0 Å². The maximum atomic E-state index is 5.57. The van der Waals surface area contributed by atoms with E-state index in [4.69, 9.17) is 5.73 Å². The second-order valence-corrected chi connectivity index (χ2v) is 5.44. The minimum Gasteiger partial charge on any atom is -0.340 e. The number of nitrogens with two attached hydrogens (primary N) is 1. The number of nitrogens with one attached hydrogen (secondary N) is 1. The highest BCUT2D eigenvalue weighted by molar-refractivity contribution is 7.17. The summed E-state index contributed by atoms with van der Waals surface area (Å²) in [6, 6.07) is 2.20. The second kappa shape index (κ2) is 3.72. The van der Waals surface area contributed by atoms with E-state index in [-0.39, 0.29) is 0 Å². The van der Waals surface area contributed by atoms with Crippen molar-refractivity contribution in [2.45, 2.75) is 20.4 Å². The molecule has 5 heteroatoms. The van der Waals surface area contributed by atoms with Crippen LogP contribution in [0.1, 0.15) is 16.3 Å². The molecule has 0 aliphatic rings. The number of aromatic amines is 1. The van der Waals surface area contributed by atoms with E-state index in [0.717, 1.165) is 11.5 Å². The number of aromatic nitrogens is 3. The van der Waals surface area contributed by atoms with Crippen LogP contribution in [0.25, 0.3) is 16.2 Å². The molecule has 3 N–H and O–H groups in total. The molecule has 0 saturated carbocycles. The Hall–Kier alpha value is -1.59. The summed E-state index contributed by atoms with van der Waals surface area (Å²) in [5.41, 5.74) is 9.03. The number of fused-ring (bicyclic) bond motifs is 1. The lowest BCUT2D eigenvalue weighted by molar-refractivity contribution is 0.949. The number of nitrogens with zero attached hydrogens (tertiary/aromatic N) is 2. The molecule has 0 atom stereocenters. The van der Waals surface area contributed by atoms with Gasteiger partial charge in [-0.05, 0) is 25.5 Å². The van der Waals surface area contributed by atoms with Crippen molar-refractivity contribution < 1.29 is 0 Å². The fourth-order valence-corrected chi connectivity index (χ4v) is 3.10. The highest BCUT2D eigenvalue weighted by Crippen LogP contribution is 2.30. The van der Waals surface area contributed by atoms with E-state index in [1.165, 1.54) is 21.0 Å². The molecule has 0 bridgehead atoms. The van der Waals surface area contributed by atoms with Gasteiger partial charge >= 0.3 is 0 Å². The molecular formula is C12H14N4S. The van der Waals surface area contributed by atoms with Gasteiger partial charge in [0.05, 0.1) is 24.1 Å². The summed E-state index contributed by atoms with van der Waals surface area (Å²) < 4.78 is 2.21. The third kappa shape index (κ3) is 1.59. The van der Waals surface area contributed by atoms with Crippen LogP contribution in [-0.2, 0) is 6.54 Å². The topological polar surface area (TPSA) is 59.1 Å². The largest absolute Gasteiger partial charge is 0.340 e. The summed E-state index contributed by atoms with van der Waals surface area (Å²) in [4.78, 5) is 10.1.